The number of hydrogen-bond acceptors (Lipinski definition) is 5. The molecule has 0 radical (unpaired) electrons. The molecule has 1 N–H and O–H groups in total. The maximum absolute atomic E-state index is 13.2. The summed E-state index contributed by atoms with van der Waals surface area (Å²) in [6, 6.07) is 6.02. The second kappa shape index (κ2) is 7.23. The van der Waals surface area contributed by atoms with Crippen molar-refractivity contribution in [3.63, 3.8) is 0 Å². The van der Waals surface area contributed by atoms with Crippen LogP contribution in [0.2, 0.25) is 5.02 Å². The monoisotopic (exact) mass is 392 g/mol. The average Bonchev–Trinajstić information content (AvgIpc) is 2.68. The molecule has 26 heavy (non-hydrogen) atoms. The SMILES string of the molecule is O=S(=O)(c1ccc(Cl)cc1)N1CCCCC1c1ncc2c(n1)CCNC2. The van der Waals surface area contributed by atoms with Gasteiger partial charge < -0.3 is 5.32 Å². The van der Waals surface area contributed by atoms with Crippen molar-refractivity contribution in [1.82, 2.24) is 19.6 Å². The first kappa shape index (κ1) is 17.9. The summed E-state index contributed by atoms with van der Waals surface area (Å²) >= 11 is 5.91. The van der Waals surface area contributed by atoms with Gasteiger partial charge in [-0.25, -0.2) is 18.4 Å². The minimum Gasteiger partial charge on any atom is -0.312 e. The van der Waals surface area contributed by atoms with Crippen LogP contribution in [0.1, 0.15) is 42.4 Å². The fourth-order valence-electron chi connectivity index (χ4n) is 3.60. The molecule has 0 bridgehead atoms. The van der Waals surface area contributed by atoms with Crippen LogP contribution < -0.4 is 5.32 Å². The fraction of sp³-hybridized carbons (Fsp3) is 0.444. The molecule has 1 fully saturated rings. The van der Waals surface area contributed by atoms with Gasteiger partial charge in [0.2, 0.25) is 10.0 Å². The number of fused-ring (bicyclic) bond motifs is 1. The van der Waals surface area contributed by atoms with E-state index >= 15 is 0 Å². The maximum atomic E-state index is 13.2. The van der Waals surface area contributed by atoms with E-state index in [1.807, 2.05) is 6.20 Å². The van der Waals surface area contributed by atoms with E-state index in [-0.39, 0.29) is 10.9 Å². The number of sulfonamides is 1. The van der Waals surface area contributed by atoms with E-state index in [1.165, 1.54) is 0 Å². The van der Waals surface area contributed by atoms with Crippen molar-refractivity contribution in [3.05, 3.63) is 52.6 Å². The predicted molar refractivity (Wildman–Crippen MR) is 99.4 cm³/mol. The van der Waals surface area contributed by atoms with Gasteiger partial charge >= 0.3 is 0 Å². The molecule has 2 aromatic rings. The Balaban J connectivity index is 1.69. The molecule has 0 spiro atoms. The number of hydrogen-bond donors (Lipinski definition) is 1. The Bertz CT molecular complexity index is 902. The van der Waals surface area contributed by atoms with Crippen LogP contribution in [0.15, 0.2) is 35.4 Å². The highest BCUT2D eigenvalue weighted by molar-refractivity contribution is 7.89. The summed E-state index contributed by atoms with van der Waals surface area (Å²) in [6.07, 6.45) is 5.24. The average molecular weight is 393 g/mol. The third-order valence-electron chi connectivity index (χ3n) is 5.00. The summed E-state index contributed by atoms with van der Waals surface area (Å²) in [5.41, 5.74) is 2.13. The van der Waals surface area contributed by atoms with Gasteiger partial charge in [0.1, 0.15) is 5.82 Å². The number of nitrogens with one attached hydrogen (secondary N) is 1. The molecule has 0 amide bonds. The van der Waals surface area contributed by atoms with Gasteiger partial charge in [0.15, 0.2) is 0 Å². The van der Waals surface area contributed by atoms with E-state index in [4.69, 9.17) is 16.6 Å². The molecule has 0 aliphatic carbocycles. The van der Waals surface area contributed by atoms with Gasteiger partial charge in [0.25, 0.3) is 0 Å². The van der Waals surface area contributed by atoms with Crippen LogP contribution in [0.4, 0.5) is 0 Å². The highest BCUT2D eigenvalue weighted by Gasteiger charge is 2.36. The number of piperidine rings is 1. The number of rotatable bonds is 3. The summed E-state index contributed by atoms with van der Waals surface area (Å²) in [6.45, 7) is 2.14. The lowest BCUT2D eigenvalue weighted by Crippen LogP contribution is -2.39. The van der Waals surface area contributed by atoms with E-state index in [0.717, 1.165) is 50.0 Å². The summed E-state index contributed by atoms with van der Waals surface area (Å²) in [5, 5.41) is 3.82. The van der Waals surface area contributed by atoms with Crippen molar-refractivity contribution in [2.24, 2.45) is 0 Å². The van der Waals surface area contributed by atoms with Gasteiger partial charge in [0, 0.05) is 48.5 Å². The second-order valence-electron chi connectivity index (χ2n) is 6.71. The van der Waals surface area contributed by atoms with Crippen molar-refractivity contribution in [2.75, 3.05) is 13.1 Å². The van der Waals surface area contributed by atoms with Gasteiger partial charge in [0.05, 0.1) is 10.9 Å². The quantitative estimate of drug-likeness (QED) is 0.869. The highest BCUT2D eigenvalue weighted by Crippen LogP contribution is 2.34. The highest BCUT2D eigenvalue weighted by atomic mass is 35.5. The van der Waals surface area contributed by atoms with E-state index < -0.39 is 10.0 Å². The van der Waals surface area contributed by atoms with Crippen molar-refractivity contribution >= 4 is 21.6 Å². The summed E-state index contributed by atoms with van der Waals surface area (Å²) in [7, 11) is -3.62. The molecule has 1 unspecified atom stereocenters. The Morgan fingerprint density at radius 2 is 2.00 bits per heavy atom. The molecule has 2 aliphatic heterocycles. The van der Waals surface area contributed by atoms with Crippen molar-refractivity contribution in [1.29, 1.82) is 0 Å². The Morgan fingerprint density at radius 3 is 2.81 bits per heavy atom. The van der Waals surface area contributed by atoms with Crippen molar-refractivity contribution in [2.45, 2.75) is 43.2 Å². The molecule has 4 rings (SSSR count). The number of benzene rings is 1. The standard InChI is InChI=1S/C18H21ClN4O2S/c19-14-4-6-15(7-5-14)26(24,25)23-10-2-1-3-17(23)18-21-12-13-11-20-9-8-16(13)22-18/h4-7,12,17,20H,1-3,8-11H2. The van der Waals surface area contributed by atoms with E-state index in [0.29, 0.717) is 17.4 Å². The molecular weight excluding hydrogens is 372 g/mol. The second-order valence-corrected chi connectivity index (χ2v) is 9.04. The largest absolute Gasteiger partial charge is 0.312 e. The van der Waals surface area contributed by atoms with Crippen LogP contribution in [0, 0.1) is 0 Å². The van der Waals surface area contributed by atoms with Gasteiger partial charge in [-0.2, -0.15) is 4.31 Å². The minimum atomic E-state index is -3.62. The van der Waals surface area contributed by atoms with Crippen molar-refractivity contribution < 1.29 is 8.42 Å². The van der Waals surface area contributed by atoms with Gasteiger partial charge in [-0.15, -0.1) is 0 Å². The summed E-state index contributed by atoms with van der Waals surface area (Å²) in [4.78, 5) is 9.50. The normalized spacial score (nSPS) is 21.3. The summed E-state index contributed by atoms with van der Waals surface area (Å²) < 4.78 is 27.9. The molecule has 8 heteroatoms. The van der Waals surface area contributed by atoms with Crippen LogP contribution in [-0.2, 0) is 23.0 Å². The van der Waals surface area contributed by atoms with Gasteiger partial charge in [-0.3, -0.25) is 0 Å². The Morgan fingerprint density at radius 1 is 1.19 bits per heavy atom. The smallest absolute Gasteiger partial charge is 0.243 e. The maximum Gasteiger partial charge on any atom is 0.243 e. The molecule has 138 valence electrons. The fourth-order valence-corrected chi connectivity index (χ4v) is 5.39. The van der Waals surface area contributed by atoms with Crippen LogP contribution >= 0.6 is 11.6 Å². The lowest BCUT2D eigenvalue weighted by atomic mass is 10.0. The zero-order valence-corrected chi connectivity index (χ0v) is 15.9. The van der Waals surface area contributed by atoms with E-state index in [1.54, 1.807) is 28.6 Å². The third-order valence-corrected chi connectivity index (χ3v) is 7.17. The lowest BCUT2D eigenvalue weighted by Gasteiger charge is -2.34. The van der Waals surface area contributed by atoms with Gasteiger partial charge in [-0.05, 0) is 37.1 Å². The van der Waals surface area contributed by atoms with E-state index in [2.05, 4.69) is 10.3 Å². The van der Waals surface area contributed by atoms with E-state index in [9.17, 15) is 8.42 Å². The summed E-state index contributed by atoms with van der Waals surface area (Å²) in [5.74, 6) is 0.614. The molecule has 6 nitrogen and oxygen atoms in total. The lowest BCUT2D eigenvalue weighted by molar-refractivity contribution is 0.246. The van der Waals surface area contributed by atoms with Crippen LogP contribution in [-0.4, -0.2) is 35.8 Å². The van der Waals surface area contributed by atoms with Gasteiger partial charge in [-0.1, -0.05) is 18.0 Å². The molecule has 3 heterocycles. The predicted octanol–water partition coefficient (Wildman–Crippen LogP) is 2.69. The van der Waals surface area contributed by atoms with Crippen LogP contribution in [0.25, 0.3) is 0 Å². The molecule has 1 saturated heterocycles. The topological polar surface area (TPSA) is 75.2 Å². The zero-order valence-electron chi connectivity index (χ0n) is 14.4. The molecule has 1 aromatic heterocycles. The van der Waals surface area contributed by atoms with Crippen LogP contribution in [0.5, 0.6) is 0 Å². The number of halogens is 1. The third kappa shape index (κ3) is 3.36. The van der Waals surface area contributed by atoms with Crippen molar-refractivity contribution in [3.8, 4) is 0 Å². The first-order chi connectivity index (χ1) is 12.6. The minimum absolute atomic E-state index is 0.260. The zero-order chi connectivity index (χ0) is 18.1. The molecular formula is C18H21ClN4O2S. The number of aromatic nitrogens is 2. The Labute approximate surface area is 158 Å². The molecule has 2 aliphatic rings. The Kier molecular flexibility index (Phi) is 4.96. The molecule has 1 aromatic carbocycles. The number of nitrogens with zero attached hydrogens (tertiary/aromatic N) is 3. The molecule has 1 atom stereocenters. The van der Waals surface area contributed by atoms with Crippen LogP contribution in [0.3, 0.4) is 0 Å². The molecule has 0 saturated carbocycles. The first-order valence-electron chi connectivity index (χ1n) is 8.88. The first-order valence-corrected chi connectivity index (χ1v) is 10.7. The Hall–Kier alpha value is -1.54.